The van der Waals surface area contributed by atoms with Crippen LogP contribution in [-0.2, 0) is 14.3 Å². The number of rotatable bonds is 0. The first-order valence-corrected chi connectivity index (χ1v) is 6.43. The lowest BCUT2D eigenvalue weighted by atomic mass is 9.79. The fourth-order valence-electron chi connectivity index (χ4n) is 3.47. The molecular formula is C15H16O4. The Kier molecular flexibility index (Phi) is 2.39. The molecule has 4 heteroatoms. The Balaban J connectivity index is 2.20. The van der Waals surface area contributed by atoms with Gasteiger partial charge < -0.3 is 9.84 Å². The number of hydrogen-bond donors (Lipinski definition) is 1. The summed E-state index contributed by atoms with van der Waals surface area (Å²) in [4.78, 5) is 23.8. The summed E-state index contributed by atoms with van der Waals surface area (Å²) in [7, 11) is 0. The van der Waals surface area contributed by atoms with Crippen molar-refractivity contribution in [3.63, 3.8) is 0 Å². The Bertz CT molecular complexity index is 581. The molecule has 0 saturated carbocycles. The van der Waals surface area contributed by atoms with Crippen LogP contribution in [0, 0.1) is 5.92 Å². The molecule has 1 N–H and O–H groups in total. The minimum Gasteiger partial charge on any atom is -0.455 e. The van der Waals surface area contributed by atoms with Crippen molar-refractivity contribution in [3.8, 4) is 0 Å². The van der Waals surface area contributed by atoms with Crippen molar-refractivity contribution in [1.29, 1.82) is 0 Å². The maximum Gasteiger partial charge on any atom is 0.334 e. The second kappa shape index (κ2) is 3.67. The molecule has 1 fully saturated rings. The number of allylic oxidation sites excluding steroid dienone is 2. The quantitative estimate of drug-likeness (QED) is 0.529. The SMILES string of the molecule is C=C1C(=O)O[C@H]2C1CCC(C)=C1C(=O)C=C(C)[C@@]12O. The van der Waals surface area contributed by atoms with Crippen molar-refractivity contribution in [2.75, 3.05) is 0 Å². The van der Waals surface area contributed by atoms with E-state index in [1.54, 1.807) is 6.92 Å². The lowest BCUT2D eigenvalue weighted by Gasteiger charge is -2.33. The van der Waals surface area contributed by atoms with Crippen molar-refractivity contribution in [2.45, 2.75) is 38.4 Å². The average Bonchev–Trinajstić information content (AvgIpc) is 2.70. The van der Waals surface area contributed by atoms with Gasteiger partial charge in [-0.25, -0.2) is 4.79 Å². The van der Waals surface area contributed by atoms with Crippen LogP contribution in [-0.4, -0.2) is 28.6 Å². The van der Waals surface area contributed by atoms with E-state index in [1.165, 1.54) is 6.08 Å². The summed E-state index contributed by atoms with van der Waals surface area (Å²) in [5.41, 5.74) is 0.738. The minimum atomic E-state index is -1.47. The van der Waals surface area contributed by atoms with Gasteiger partial charge in [0.25, 0.3) is 0 Å². The first kappa shape index (κ1) is 12.4. The van der Waals surface area contributed by atoms with Crippen LogP contribution in [0.5, 0.6) is 0 Å². The number of ether oxygens (including phenoxy) is 1. The summed E-state index contributed by atoms with van der Waals surface area (Å²) in [6.45, 7) is 7.33. The van der Waals surface area contributed by atoms with Gasteiger partial charge in [-0.3, -0.25) is 4.79 Å². The summed E-state index contributed by atoms with van der Waals surface area (Å²) in [5, 5.41) is 11.0. The highest BCUT2D eigenvalue weighted by atomic mass is 16.6. The Morgan fingerprint density at radius 1 is 1.42 bits per heavy atom. The van der Waals surface area contributed by atoms with Crippen molar-refractivity contribution in [3.05, 3.63) is 34.9 Å². The lowest BCUT2D eigenvalue weighted by molar-refractivity contribution is -0.147. The third-order valence-electron chi connectivity index (χ3n) is 4.55. The summed E-state index contributed by atoms with van der Waals surface area (Å²) in [5.74, 6) is -0.861. The molecule has 0 aromatic rings. The number of fused-ring (bicyclic) bond motifs is 3. The van der Waals surface area contributed by atoms with Gasteiger partial charge in [0.1, 0.15) is 6.10 Å². The number of esters is 1. The van der Waals surface area contributed by atoms with Crippen LogP contribution in [0.4, 0.5) is 0 Å². The number of ketones is 1. The topological polar surface area (TPSA) is 63.6 Å². The molecule has 1 saturated heterocycles. The number of hydrogen-bond acceptors (Lipinski definition) is 4. The fourth-order valence-corrected chi connectivity index (χ4v) is 3.47. The van der Waals surface area contributed by atoms with E-state index in [4.69, 9.17) is 4.74 Å². The number of carbonyl (C=O) groups is 2. The standard InChI is InChI=1S/C15H16O4/c1-7-4-5-10-9(3)14(17)19-13(10)15(18)8(2)6-11(16)12(7)15/h6,10,13,18H,3-5H2,1-2H3/t10?,13-,15+/m0/s1. The molecular weight excluding hydrogens is 244 g/mol. The predicted molar refractivity (Wildman–Crippen MR) is 68.2 cm³/mol. The van der Waals surface area contributed by atoms with E-state index in [2.05, 4.69) is 6.58 Å². The van der Waals surface area contributed by atoms with E-state index in [0.717, 1.165) is 5.57 Å². The molecule has 0 spiro atoms. The van der Waals surface area contributed by atoms with Gasteiger partial charge in [0.15, 0.2) is 11.4 Å². The Morgan fingerprint density at radius 3 is 2.79 bits per heavy atom. The minimum absolute atomic E-state index is 0.174. The molecule has 3 rings (SSSR count). The van der Waals surface area contributed by atoms with Gasteiger partial charge in [0.05, 0.1) is 0 Å². The van der Waals surface area contributed by atoms with Crippen LogP contribution in [0.1, 0.15) is 26.7 Å². The molecule has 3 aliphatic rings. The molecule has 3 atom stereocenters. The second-order valence-electron chi connectivity index (χ2n) is 5.61. The van der Waals surface area contributed by atoms with E-state index < -0.39 is 17.7 Å². The monoisotopic (exact) mass is 260 g/mol. The van der Waals surface area contributed by atoms with Gasteiger partial charge in [-0.1, -0.05) is 12.2 Å². The molecule has 1 unspecified atom stereocenters. The smallest absolute Gasteiger partial charge is 0.334 e. The molecule has 0 radical (unpaired) electrons. The van der Waals surface area contributed by atoms with Crippen LogP contribution in [0.25, 0.3) is 0 Å². The fraction of sp³-hybridized carbons (Fsp3) is 0.467. The molecule has 100 valence electrons. The Morgan fingerprint density at radius 2 is 2.11 bits per heavy atom. The van der Waals surface area contributed by atoms with Crippen LogP contribution >= 0.6 is 0 Å². The maximum atomic E-state index is 12.1. The van der Waals surface area contributed by atoms with Gasteiger partial charge in [-0.2, -0.15) is 0 Å². The summed E-state index contributed by atoms with van der Waals surface area (Å²) >= 11 is 0. The number of aliphatic hydroxyl groups is 1. The van der Waals surface area contributed by atoms with Crippen LogP contribution in [0.2, 0.25) is 0 Å². The Hall–Kier alpha value is -1.68. The van der Waals surface area contributed by atoms with Crippen LogP contribution in [0.3, 0.4) is 0 Å². The summed E-state index contributed by atoms with van der Waals surface area (Å²) < 4.78 is 5.33. The van der Waals surface area contributed by atoms with Gasteiger partial charge >= 0.3 is 5.97 Å². The Labute approximate surface area is 111 Å². The van der Waals surface area contributed by atoms with E-state index in [1.807, 2.05) is 6.92 Å². The van der Waals surface area contributed by atoms with Gasteiger partial charge in [-0.15, -0.1) is 0 Å². The van der Waals surface area contributed by atoms with E-state index in [-0.39, 0.29) is 11.7 Å². The van der Waals surface area contributed by atoms with E-state index in [0.29, 0.717) is 29.6 Å². The molecule has 1 heterocycles. The van der Waals surface area contributed by atoms with Crippen molar-refractivity contribution >= 4 is 11.8 Å². The molecule has 1 aliphatic heterocycles. The van der Waals surface area contributed by atoms with E-state index >= 15 is 0 Å². The van der Waals surface area contributed by atoms with Crippen molar-refractivity contribution < 1.29 is 19.4 Å². The van der Waals surface area contributed by atoms with Crippen molar-refractivity contribution in [1.82, 2.24) is 0 Å². The number of carbonyl (C=O) groups excluding carboxylic acids is 2. The molecule has 0 aromatic heterocycles. The van der Waals surface area contributed by atoms with Crippen LogP contribution in [0.15, 0.2) is 34.9 Å². The van der Waals surface area contributed by atoms with Gasteiger partial charge in [0.2, 0.25) is 0 Å². The predicted octanol–water partition coefficient (Wildman–Crippen LogP) is 1.45. The van der Waals surface area contributed by atoms with Crippen molar-refractivity contribution in [2.24, 2.45) is 5.92 Å². The maximum absolute atomic E-state index is 12.1. The molecule has 4 nitrogen and oxygen atoms in total. The highest BCUT2D eigenvalue weighted by Crippen LogP contribution is 2.49. The largest absolute Gasteiger partial charge is 0.455 e. The zero-order valence-corrected chi connectivity index (χ0v) is 11.0. The lowest BCUT2D eigenvalue weighted by Crippen LogP contribution is -2.46. The van der Waals surface area contributed by atoms with Gasteiger partial charge in [0, 0.05) is 17.1 Å². The third kappa shape index (κ3) is 1.38. The molecule has 2 aliphatic carbocycles. The second-order valence-corrected chi connectivity index (χ2v) is 5.61. The zero-order valence-electron chi connectivity index (χ0n) is 11.0. The first-order valence-electron chi connectivity index (χ1n) is 6.43. The normalized spacial score (nSPS) is 37.8. The molecule has 0 amide bonds. The summed E-state index contributed by atoms with van der Waals surface area (Å²) in [6.07, 6.45) is 2.06. The van der Waals surface area contributed by atoms with Crippen LogP contribution < -0.4 is 0 Å². The van der Waals surface area contributed by atoms with E-state index in [9.17, 15) is 14.7 Å². The first-order chi connectivity index (χ1) is 8.87. The zero-order chi connectivity index (χ0) is 13.9. The molecule has 0 aromatic carbocycles. The molecule has 0 bridgehead atoms. The average molecular weight is 260 g/mol. The highest BCUT2D eigenvalue weighted by molar-refractivity contribution is 6.11. The molecule has 19 heavy (non-hydrogen) atoms. The highest BCUT2D eigenvalue weighted by Gasteiger charge is 2.58. The summed E-state index contributed by atoms with van der Waals surface area (Å²) in [6, 6.07) is 0. The van der Waals surface area contributed by atoms with Gasteiger partial charge in [-0.05, 0) is 38.3 Å². The third-order valence-corrected chi connectivity index (χ3v) is 4.55.